The first-order chi connectivity index (χ1) is 7.49. The third-order valence-electron chi connectivity index (χ3n) is 1.81. The highest BCUT2D eigenvalue weighted by Gasteiger charge is 2.45. The van der Waals surface area contributed by atoms with E-state index in [0.717, 1.165) is 7.05 Å². The van der Waals surface area contributed by atoms with Crippen molar-refractivity contribution >= 4 is 24.2 Å². The topological polar surface area (TPSA) is 134 Å². The summed E-state index contributed by atoms with van der Waals surface area (Å²) in [5.74, 6) is -1.55. The molecule has 2 N–H and O–H groups in total. The summed E-state index contributed by atoms with van der Waals surface area (Å²) in [4.78, 5) is 42.7. The Balaban J connectivity index is 3.06. The summed E-state index contributed by atoms with van der Waals surface area (Å²) >= 11 is 0. The second-order valence-corrected chi connectivity index (χ2v) is 2.76. The van der Waals surface area contributed by atoms with Gasteiger partial charge in [-0.15, -0.1) is 0 Å². The number of hydrogen-bond donors (Lipinski definition) is 2. The number of hydrazone groups is 1. The zero-order valence-electron chi connectivity index (χ0n) is 8.04. The van der Waals surface area contributed by atoms with Gasteiger partial charge in [-0.3, -0.25) is 29.9 Å². The molecule has 1 heterocycles. The van der Waals surface area contributed by atoms with E-state index < -0.39 is 28.7 Å². The Morgan fingerprint density at radius 2 is 2.25 bits per heavy atom. The monoisotopic (exact) mass is 229 g/mol. The minimum absolute atomic E-state index is 0.152. The molecule has 1 rings (SSSR count). The highest BCUT2D eigenvalue weighted by Crippen LogP contribution is 2.05. The van der Waals surface area contributed by atoms with Crippen LogP contribution in [0.25, 0.3) is 0 Å². The summed E-state index contributed by atoms with van der Waals surface area (Å²) in [5.41, 5.74) is 1.78. The van der Waals surface area contributed by atoms with Gasteiger partial charge in [-0.1, -0.05) is 0 Å². The van der Waals surface area contributed by atoms with Crippen LogP contribution in [0.4, 0.5) is 4.79 Å². The number of nitro groups is 1. The Morgan fingerprint density at radius 3 is 2.75 bits per heavy atom. The molecule has 16 heavy (non-hydrogen) atoms. The number of likely N-dealkylation sites (N-methyl/N-ethyl adjacent to an activating group) is 1. The normalized spacial score (nSPS) is 22.9. The first-order valence-electron chi connectivity index (χ1n) is 3.97. The molecule has 0 aromatic carbocycles. The molecule has 1 fully saturated rings. The van der Waals surface area contributed by atoms with E-state index in [9.17, 15) is 24.5 Å². The summed E-state index contributed by atoms with van der Waals surface area (Å²) in [6.07, 6.45) is 0.152. The van der Waals surface area contributed by atoms with Crippen LogP contribution in [0.2, 0.25) is 0 Å². The van der Waals surface area contributed by atoms with Gasteiger partial charge >= 0.3 is 18.0 Å². The first kappa shape index (κ1) is 11.6. The molecule has 0 radical (unpaired) electrons. The summed E-state index contributed by atoms with van der Waals surface area (Å²) in [5, 5.41) is 15.8. The van der Waals surface area contributed by atoms with Gasteiger partial charge in [0.05, 0.1) is 0 Å². The van der Waals surface area contributed by atoms with Gasteiger partial charge in [0.1, 0.15) is 0 Å². The first-order valence-corrected chi connectivity index (χ1v) is 3.97. The van der Waals surface area contributed by atoms with Crippen molar-refractivity contribution in [3.8, 4) is 0 Å². The molecule has 0 bridgehead atoms. The smallest absolute Gasteiger partial charge is 0.288 e. The summed E-state index contributed by atoms with van der Waals surface area (Å²) < 4.78 is 0. The van der Waals surface area contributed by atoms with Gasteiger partial charge in [0, 0.05) is 12.0 Å². The highest BCUT2D eigenvalue weighted by atomic mass is 16.6. The van der Waals surface area contributed by atoms with Crippen LogP contribution in [0.3, 0.4) is 0 Å². The van der Waals surface area contributed by atoms with E-state index in [0.29, 0.717) is 4.90 Å². The molecule has 1 aliphatic rings. The van der Waals surface area contributed by atoms with Crippen LogP contribution in [0.5, 0.6) is 0 Å². The molecular formula is C6H7N5O5. The van der Waals surface area contributed by atoms with Crippen molar-refractivity contribution in [1.82, 2.24) is 15.6 Å². The number of amidine groups is 1. The van der Waals surface area contributed by atoms with Crippen LogP contribution >= 0.6 is 0 Å². The van der Waals surface area contributed by atoms with Gasteiger partial charge in [-0.2, -0.15) is 5.10 Å². The molecule has 0 aromatic heterocycles. The maximum Gasteiger partial charge on any atom is 0.348 e. The number of nitrogens with one attached hydrogen (secondary N) is 2. The van der Waals surface area contributed by atoms with E-state index in [4.69, 9.17) is 0 Å². The van der Waals surface area contributed by atoms with Gasteiger partial charge in [-0.05, 0) is 0 Å². The minimum atomic E-state index is -1.82. The number of urea groups is 1. The molecule has 4 amide bonds. The Bertz CT molecular complexity index is 391. The van der Waals surface area contributed by atoms with E-state index in [1.165, 1.54) is 0 Å². The lowest BCUT2D eigenvalue weighted by molar-refractivity contribution is -0.491. The molecule has 1 saturated heterocycles. The van der Waals surface area contributed by atoms with E-state index in [-0.39, 0.29) is 6.41 Å². The molecule has 0 unspecified atom stereocenters. The molecule has 10 nitrogen and oxygen atoms in total. The molecule has 0 spiro atoms. The lowest BCUT2D eigenvalue weighted by Gasteiger charge is -2.24. The standard InChI is InChI=1S/C6H7N5O5/c1-10-5(13)3(11(15)16)4(8-6(10)14)9-7-2-12/h2-3H,1H3,(H,7,12)(H,8,9,14)/t3-/m1/s1. The van der Waals surface area contributed by atoms with E-state index >= 15 is 0 Å². The fourth-order valence-electron chi connectivity index (χ4n) is 1.04. The van der Waals surface area contributed by atoms with Gasteiger partial charge in [0.15, 0.2) is 0 Å². The maximum absolute atomic E-state index is 11.4. The number of hydrogen-bond acceptors (Lipinski definition) is 6. The van der Waals surface area contributed by atoms with Crippen LogP contribution in [0, 0.1) is 10.1 Å². The van der Waals surface area contributed by atoms with Gasteiger partial charge in [-0.25, -0.2) is 10.2 Å². The summed E-state index contributed by atoms with van der Waals surface area (Å²) in [7, 11) is 1.10. The van der Waals surface area contributed by atoms with Gasteiger partial charge < -0.3 is 0 Å². The van der Waals surface area contributed by atoms with E-state index in [1.807, 2.05) is 5.32 Å². The number of rotatable bonds is 3. The van der Waals surface area contributed by atoms with Crippen molar-refractivity contribution in [3.05, 3.63) is 10.1 Å². The van der Waals surface area contributed by atoms with Crippen LogP contribution in [0.1, 0.15) is 0 Å². The fraction of sp³-hybridized carbons (Fsp3) is 0.333. The van der Waals surface area contributed by atoms with Crippen LogP contribution < -0.4 is 10.7 Å². The zero-order chi connectivity index (χ0) is 12.3. The molecule has 86 valence electrons. The molecule has 0 aliphatic carbocycles. The maximum atomic E-state index is 11.4. The highest BCUT2D eigenvalue weighted by molar-refractivity contribution is 6.19. The average Bonchev–Trinajstić information content (AvgIpc) is 2.22. The molecule has 0 aromatic rings. The summed E-state index contributed by atoms with van der Waals surface area (Å²) in [6, 6.07) is -2.68. The summed E-state index contributed by atoms with van der Waals surface area (Å²) in [6.45, 7) is 0. The lowest BCUT2D eigenvalue weighted by atomic mass is 10.2. The fourth-order valence-corrected chi connectivity index (χ4v) is 1.04. The zero-order valence-corrected chi connectivity index (χ0v) is 8.04. The molecule has 1 aliphatic heterocycles. The Morgan fingerprint density at radius 1 is 1.62 bits per heavy atom. The third kappa shape index (κ3) is 1.94. The Kier molecular flexibility index (Phi) is 3.13. The van der Waals surface area contributed by atoms with Crippen molar-refractivity contribution in [3.63, 3.8) is 0 Å². The SMILES string of the molecule is CN1C(=O)NC(=NNC=O)[C@@H]([N+](=O)[O-])C1=O. The largest absolute Gasteiger partial charge is 0.348 e. The van der Waals surface area contributed by atoms with Crippen LogP contribution in [0.15, 0.2) is 5.10 Å². The molecule has 0 saturated carbocycles. The van der Waals surface area contributed by atoms with Gasteiger partial charge in [0.2, 0.25) is 12.2 Å². The molecule has 1 atom stereocenters. The predicted octanol–water partition coefficient (Wildman–Crippen LogP) is -2.13. The second kappa shape index (κ2) is 4.33. The van der Waals surface area contributed by atoms with E-state index in [1.54, 1.807) is 5.43 Å². The van der Waals surface area contributed by atoms with Crippen LogP contribution in [-0.4, -0.2) is 47.1 Å². The van der Waals surface area contributed by atoms with Crippen molar-refractivity contribution in [2.75, 3.05) is 7.05 Å². The Labute approximate surface area is 88.4 Å². The van der Waals surface area contributed by atoms with Crippen molar-refractivity contribution < 1.29 is 19.3 Å². The number of nitrogens with zero attached hydrogens (tertiary/aromatic N) is 3. The third-order valence-corrected chi connectivity index (χ3v) is 1.81. The molecule has 10 heteroatoms. The molecular weight excluding hydrogens is 222 g/mol. The number of amides is 4. The van der Waals surface area contributed by atoms with Gasteiger partial charge in [0.25, 0.3) is 0 Å². The van der Waals surface area contributed by atoms with Crippen molar-refractivity contribution in [2.45, 2.75) is 6.04 Å². The number of imide groups is 1. The van der Waals surface area contributed by atoms with Crippen molar-refractivity contribution in [2.24, 2.45) is 5.10 Å². The number of carbonyl (C=O) groups excluding carboxylic acids is 3. The predicted molar refractivity (Wildman–Crippen MR) is 48.7 cm³/mol. The van der Waals surface area contributed by atoms with Crippen molar-refractivity contribution in [1.29, 1.82) is 0 Å². The lowest BCUT2D eigenvalue weighted by Crippen LogP contribution is -2.62. The van der Waals surface area contributed by atoms with Crippen LogP contribution in [-0.2, 0) is 9.59 Å². The van der Waals surface area contributed by atoms with E-state index in [2.05, 4.69) is 5.10 Å². The second-order valence-electron chi connectivity index (χ2n) is 2.76. The minimum Gasteiger partial charge on any atom is -0.288 e. The average molecular weight is 229 g/mol. The number of carbonyl (C=O) groups is 3. The quantitative estimate of drug-likeness (QED) is 0.324. The Hall–Kier alpha value is -2.52.